The number of hydrogen-bond donors (Lipinski definition) is 2. The van der Waals surface area contributed by atoms with Gasteiger partial charge in [0.25, 0.3) is 0 Å². The minimum atomic E-state index is -4.37. The van der Waals surface area contributed by atoms with E-state index in [1.165, 1.54) is 41.5 Å². The summed E-state index contributed by atoms with van der Waals surface area (Å²) in [5.74, 6) is -4.13. The topological polar surface area (TPSA) is 217 Å². The van der Waals surface area contributed by atoms with Gasteiger partial charge in [0.1, 0.15) is 49.3 Å². The van der Waals surface area contributed by atoms with Crippen molar-refractivity contribution in [3.05, 3.63) is 0 Å². The Kier molecular flexibility index (Phi) is 21.2. The van der Waals surface area contributed by atoms with Crippen molar-refractivity contribution in [3.8, 4) is 0 Å². The number of aliphatic hydroxyl groups excluding tert-OH is 1. The normalized spacial score (nSPS) is 17.7. The van der Waals surface area contributed by atoms with Crippen molar-refractivity contribution in [1.82, 2.24) is 0 Å². The molecule has 17 nitrogen and oxygen atoms in total. The number of hydrogen-bond acceptors (Lipinski definition) is 15. The van der Waals surface area contributed by atoms with Crippen LogP contribution in [0.3, 0.4) is 0 Å². The molecule has 0 bridgehead atoms. The molecule has 20 heteroatoms. The average molecular weight is 842 g/mol. The van der Waals surface area contributed by atoms with Gasteiger partial charge >= 0.3 is 37.7 Å². The van der Waals surface area contributed by atoms with Crippen LogP contribution in [0.25, 0.3) is 0 Å². The van der Waals surface area contributed by atoms with E-state index >= 15 is 0 Å². The largest absolute Gasteiger partial charge is 0.472 e. The van der Waals surface area contributed by atoms with E-state index in [2.05, 4.69) is 0 Å². The van der Waals surface area contributed by atoms with Crippen molar-refractivity contribution < 1.29 is 80.5 Å². The summed E-state index contributed by atoms with van der Waals surface area (Å²) in [4.78, 5) is 71.3. The summed E-state index contributed by atoms with van der Waals surface area (Å²) in [5, 5.41) is 9.21. The first-order valence-electron chi connectivity index (χ1n) is 17.3. The molecule has 0 aromatic carbocycles. The molecule has 0 spiro atoms. The second-order valence-electron chi connectivity index (χ2n) is 15.5. The standard InChI is InChI=1S/C34H60Cl2NO16P/c1-12-47-24-32(5,22-31(4,26(40)48-16-14-38)23-34(7,36)28(42)46-11)27(41)50-18-17-49-25(39)30(2,3)21-33(6,35)29(43)51-19-20-53-54(44,45)52-15-13-37(8,9)10/h38H,12-24H2,1-11H3/p+1. The van der Waals surface area contributed by atoms with Gasteiger partial charge in [-0.15, -0.1) is 23.2 Å². The molecule has 0 rings (SSSR count). The fourth-order valence-corrected chi connectivity index (χ4v) is 6.88. The van der Waals surface area contributed by atoms with E-state index in [1.807, 2.05) is 21.1 Å². The number of alkyl halides is 2. The molecular weight excluding hydrogens is 780 g/mol. The quantitative estimate of drug-likeness (QED) is 0.0303. The minimum Gasteiger partial charge on any atom is -0.468 e. The molecule has 0 aliphatic heterocycles. The average Bonchev–Trinajstić information content (AvgIpc) is 3.04. The van der Waals surface area contributed by atoms with Gasteiger partial charge in [0, 0.05) is 6.61 Å². The summed E-state index contributed by atoms with van der Waals surface area (Å²) in [5.41, 5.74) is -4.39. The molecule has 0 amide bonds. The van der Waals surface area contributed by atoms with Gasteiger partial charge in [-0.25, -0.2) is 4.57 Å². The molecule has 0 aromatic rings. The SMILES string of the molecule is CCOCC(C)(CC(C)(CC(C)(Cl)C(=O)OC)C(=O)OCCO)C(=O)OCCOC(=O)C(C)(C)CC(C)(Cl)C(=O)OCCOP(=O)(O)OCC[N+](C)(C)C. The number of methoxy groups -OCH3 is 1. The van der Waals surface area contributed by atoms with Crippen LogP contribution >= 0.6 is 31.0 Å². The first kappa shape index (κ1) is 51.9. The Labute approximate surface area is 328 Å². The monoisotopic (exact) mass is 840 g/mol. The maximum Gasteiger partial charge on any atom is 0.472 e. The molecule has 0 aromatic heterocycles. The van der Waals surface area contributed by atoms with E-state index in [9.17, 15) is 38.5 Å². The number of ether oxygens (including phenoxy) is 6. The molecule has 5 unspecified atom stereocenters. The number of carbonyl (C=O) groups excluding carboxylic acids is 5. The zero-order valence-electron chi connectivity index (χ0n) is 33.5. The zero-order chi connectivity index (χ0) is 42.2. The Balaban J connectivity index is 5.42. The number of esters is 5. The number of phosphoric ester groups is 1. The molecule has 0 radical (unpaired) electrons. The maximum atomic E-state index is 13.5. The van der Waals surface area contributed by atoms with Crippen molar-refractivity contribution in [2.45, 2.75) is 77.5 Å². The summed E-state index contributed by atoms with van der Waals surface area (Å²) in [7, 11) is 2.42. The Morgan fingerprint density at radius 3 is 1.63 bits per heavy atom. The lowest BCUT2D eigenvalue weighted by Gasteiger charge is -2.38. The van der Waals surface area contributed by atoms with Crippen molar-refractivity contribution in [3.63, 3.8) is 0 Å². The van der Waals surface area contributed by atoms with Crippen LogP contribution in [0.4, 0.5) is 0 Å². The van der Waals surface area contributed by atoms with Crippen LogP contribution in [0.2, 0.25) is 0 Å². The van der Waals surface area contributed by atoms with Crippen LogP contribution in [0, 0.1) is 16.2 Å². The molecule has 2 N–H and O–H groups in total. The van der Waals surface area contributed by atoms with Crippen LogP contribution in [-0.2, 0) is 66.0 Å². The van der Waals surface area contributed by atoms with Crippen LogP contribution in [-0.4, -0.2) is 148 Å². The molecule has 5 atom stereocenters. The zero-order valence-corrected chi connectivity index (χ0v) is 35.9. The van der Waals surface area contributed by atoms with Gasteiger partial charge in [-0.1, -0.05) is 0 Å². The Bertz CT molecular complexity index is 1300. The van der Waals surface area contributed by atoms with E-state index in [4.69, 9.17) is 60.7 Å². The number of likely N-dealkylation sites (N-methyl/N-ethyl adjacent to an activating group) is 1. The molecule has 316 valence electrons. The molecule has 0 saturated heterocycles. The second kappa shape index (κ2) is 22.0. The predicted molar refractivity (Wildman–Crippen MR) is 196 cm³/mol. The van der Waals surface area contributed by atoms with Gasteiger partial charge in [0.2, 0.25) is 0 Å². The van der Waals surface area contributed by atoms with Gasteiger partial charge in [-0.2, -0.15) is 0 Å². The maximum absolute atomic E-state index is 13.5. The van der Waals surface area contributed by atoms with Crippen LogP contribution in [0.15, 0.2) is 0 Å². The highest BCUT2D eigenvalue weighted by atomic mass is 35.5. The van der Waals surface area contributed by atoms with Gasteiger partial charge in [0.15, 0.2) is 0 Å². The summed E-state index contributed by atoms with van der Waals surface area (Å²) in [6.45, 7) is 8.35. The number of quaternary nitrogens is 1. The number of aliphatic hydroxyl groups is 1. The van der Waals surface area contributed by atoms with Gasteiger partial charge in [-0.3, -0.25) is 33.0 Å². The fraction of sp³-hybridized carbons (Fsp3) is 0.853. The molecule has 54 heavy (non-hydrogen) atoms. The number of halogens is 2. The van der Waals surface area contributed by atoms with Crippen LogP contribution in [0.1, 0.15) is 67.7 Å². The summed E-state index contributed by atoms with van der Waals surface area (Å²) >= 11 is 12.9. The number of carbonyl (C=O) groups is 5. The fourth-order valence-electron chi connectivity index (χ4n) is 5.43. The summed E-state index contributed by atoms with van der Waals surface area (Å²) in [6.07, 6.45) is -0.803. The van der Waals surface area contributed by atoms with E-state index in [-0.39, 0.29) is 52.3 Å². The molecule has 0 fully saturated rings. The lowest BCUT2D eigenvalue weighted by Crippen LogP contribution is -2.47. The highest BCUT2D eigenvalue weighted by Gasteiger charge is 2.51. The van der Waals surface area contributed by atoms with E-state index in [1.54, 1.807) is 6.92 Å². The highest BCUT2D eigenvalue weighted by molar-refractivity contribution is 7.47. The van der Waals surface area contributed by atoms with Gasteiger partial charge in [-0.05, 0) is 67.7 Å². The number of nitrogens with zero attached hydrogens (tertiary/aromatic N) is 1. The molecule has 0 heterocycles. The Morgan fingerprint density at radius 2 is 1.11 bits per heavy atom. The third-order valence-corrected chi connectivity index (χ3v) is 9.53. The van der Waals surface area contributed by atoms with E-state index in [0.717, 1.165) is 7.11 Å². The van der Waals surface area contributed by atoms with E-state index < -0.39 is 90.1 Å². The van der Waals surface area contributed by atoms with Crippen molar-refractivity contribution in [1.29, 1.82) is 0 Å². The first-order valence-corrected chi connectivity index (χ1v) is 19.5. The van der Waals surface area contributed by atoms with Crippen molar-refractivity contribution in [2.75, 3.05) is 94.3 Å². The van der Waals surface area contributed by atoms with Crippen LogP contribution < -0.4 is 0 Å². The minimum absolute atomic E-state index is 0.0314. The summed E-state index contributed by atoms with van der Waals surface area (Å²) in [6, 6.07) is 0. The first-order chi connectivity index (χ1) is 24.5. The van der Waals surface area contributed by atoms with Crippen molar-refractivity contribution >= 4 is 60.9 Å². The molecule has 0 aliphatic rings. The van der Waals surface area contributed by atoms with Crippen LogP contribution in [0.5, 0.6) is 0 Å². The van der Waals surface area contributed by atoms with Gasteiger partial charge in [0.05, 0.1) is 64.3 Å². The predicted octanol–water partition coefficient (Wildman–Crippen LogP) is 3.40. The second-order valence-corrected chi connectivity index (χ2v) is 18.6. The Hall–Kier alpha value is -2.08. The lowest BCUT2D eigenvalue weighted by molar-refractivity contribution is -0.870. The Morgan fingerprint density at radius 1 is 0.648 bits per heavy atom. The smallest absolute Gasteiger partial charge is 0.468 e. The summed E-state index contributed by atoms with van der Waals surface area (Å²) < 4.78 is 53.7. The lowest BCUT2D eigenvalue weighted by atomic mass is 9.69. The highest BCUT2D eigenvalue weighted by Crippen LogP contribution is 2.45. The molecule has 0 aliphatic carbocycles. The molecule has 0 saturated carbocycles. The van der Waals surface area contributed by atoms with Gasteiger partial charge < -0.3 is 42.9 Å². The number of rotatable bonds is 27. The number of phosphoric acid groups is 1. The van der Waals surface area contributed by atoms with Crippen molar-refractivity contribution in [2.24, 2.45) is 16.2 Å². The third kappa shape index (κ3) is 18.7. The third-order valence-electron chi connectivity index (χ3n) is 7.94. The molecular formula is C34H61Cl2NO16P+. The van der Waals surface area contributed by atoms with E-state index in [0.29, 0.717) is 11.0 Å².